The van der Waals surface area contributed by atoms with Crippen LogP contribution in [-0.4, -0.2) is 43.2 Å². The van der Waals surface area contributed by atoms with Crippen LogP contribution in [0, 0.1) is 0 Å². The lowest BCUT2D eigenvalue weighted by Crippen LogP contribution is -2.40. The zero-order chi connectivity index (χ0) is 24.1. The van der Waals surface area contributed by atoms with Crippen LogP contribution in [0.25, 0.3) is 10.9 Å². The molecule has 1 N–H and O–H groups in total. The first-order valence-electron chi connectivity index (χ1n) is 12.4. The quantitative estimate of drug-likeness (QED) is 0.410. The molecule has 0 spiro atoms. The Kier molecular flexibility index (Phi) is 7.66. The molecular weight excluding hydrogens is 428 g/mol. The number of rotatable bonds is 10. The van der Waals surface area contributed by atoms with Crippen LogP contribution < -0.4 is 14.2 Å². The minimum Gasteiger partial charge on any atom is -0.497 e. The van der Waals surface area contributed by atoms with Crippen molar-refractivity contribution in [3.8, 4) is 17.2 Å². The van der Waals surface area contributed by atoms with Gasteiger partial charge in [0, 0.05) is 30.1 Å². The van der Waals surface area contributed by atoms with Crippen LogP contribution >= 0.6 is 0 Å². The molecule has 0 fully saturated rings. The van der Waals surface area contributed by atoms with E-state index in [-0.39, 0.29) is 11.9 Å². The molecule has 2 heterocycles. The monoisotopic (exact) mass is 464 g/mol. The SMILES string of the molecule is CCCCC(=O)N1CCc2cc(OC)c(OCC)cc2C1CCc1c[nH]c2ccc(OC)cc12. The van der Waals surface area contributed by atoms with Gasteiger partial charge in [0.15, 0.2) is 11.5 Å². The number of carbonyl (C=O) groups excluding carboxylic acids is 1. The van der Waals surface area contributed by atoms with Crippen LogP contribution in [0.3, 0.4) is 0 Å². The van der Waals surface area contributed by atoms with Gasteiger partial charge in [0.2, 0.25) is 5.91 Å². The summed E-state index contributed by atoms with van der Waals surface area (Å²) in [6, 6.07) is 10.3. The number of aryl methyl sites for hydroxylation is 1. The summed E-state index contributed by atoms with van der Waals surface area (Å²) in [6.45, 7) is 5.40. The Hall–Kier alpha value is -3.15. The maximum atomic E-state index is 13.2. The highest BCUT2D eigenvalue weighted by molar-refractivity contribution is 5.84. The molecule has 1 aliphatic heterocycles. The van der Waals surface area contributed by atoms with Crippen molar-refractivity contribution in [1.29, 1.82) is 0 Å². The summed E-state index contributed by atoms with van der Waals surface area (Å²) in [5.74, 6) is 2.59. The highest BCUT2D eigenvalue weighted by atomic mass is 16.5. The van der Waals surface area contributed by atoms with E-state index in [1.165, 1.54) is 22.1 Å². The Labute approximate surface area is 202 Å². The van der Waals surface area contributed by atoms with Crippen molar-refractivity contribution in [2.45, 2.75) is 58.4 Å². The molecule has 1 unspecified atom stereocenters. The summed E-state index contributed by atoms with van der Waals surface area (Å²) in [6.07, 6.45) is 7.14. The number of H-pyrrole nitrogens is 1. The highest BCUT2D eigenvalue weighted by Gasteiger charge is 2.32. The molecule has 1 amide bonds. The van der Waals surface area contributed by atoms with Gasteiger partial charge in [-0.15, -0.1) is 0 Å². The van der Waals surface area contributed by atoms with Gasteiger partial charge in [-0.05, 0) is 79.6 Å². The maximum absolute atomic E-state index is 13.2. The molecule has 0 radical (unpaired) electrons. The smallest absolute Gasteiger partial charge is 0.223 e. The van der Waals surface area contributed by atoms with Crippen molar-refractivity contribution < 1.29 is 19.0 Å². The summed E-state index contributed by atoms with van der Waals surface area (Å²) in [5, 5.41) is 1.17. The zero-order valence-corrected chi connectivity index (χ0v) is 20.8. The molecule has 0 aliphatic carbocycles. The minimum atomic E-state index is 0.00813. The second-order valence-corrected chi connectivity index (χ2v) is 8.86. The van der Waals surface area contributed by atoms with E-state index < -0.39 is 0 Å². The second-order valence-electron chi connectivity index (χ2n) is 8.86. The van der Waals surface area contributed by atoms with Gasteiger partial charge in [0.1, 0.15) is 5.75 Å². The summed E-state index contributed by atoms with van der Waals surface area (Å²) >= 11 is 0. The summed E-state index contributed by atoms with van der Waals surface area (Å²) in [4.78, 5) is 18.7. The number of unbranched alkanes of at least 4 members (excludes halogenated alkanes) is 1. The summed E-state index contributed by atoms with van der Waals surface area (Å²) in [5.41, 5.74) is 4.75. The standard InChI is InChI=1S/C28H36N2O4/c1-5-7-8-28(31)30-14-13-19-15-26(33-4)27(34-6-2)17-23(19)25(30)12-9-20-18-29-24-11-10-21(32-3)16-22(20)24/h10-11,15-18,25,29H,5-9,12-14H2,1-4H3. The van der Waals surface area contributed by atoms with Gasteiger partial charge in [0.25, 0.3) is 0 Å². The molecule has 2 aromatic carbocycles. The molecule has 4 rings (SSSR count). The van der Waals surface area contributed by atoms with Crippen LogP contribution in [0.1, 0.15) is 62.3 Å². The first-order chi connectivity index (χ1) is 16.6. The number of nitrogens with zero attached hydrogens (tertiary/aromatic N) is 1. The predicted octanol–water partition coefficient (Wildman–Crippen LogP) is 5.83. The number of aromatic amines is 1. The number of aromatic nitrogens is 1. The number of benzene rings is 2. The molecule has 0 bridgehead atoms. The average molecular weight is 465 g/mol. The average Bonchev–Trinajstić information content (AvgIpc) is 3.27. The van der Waals surface area contributed by atoms with Gasteiger partial charge >= 0.3 is 0 Å². The number of methoxy groups -OCH3 is 2. The van der Waals surface area contributed by atoms with Crippen molar-refractivity contribution in [1.82, 2.24) is 9.88 Å². The molecule has 1 aliphatic rings. The topological polar surface area (TPSA) is 63.8 Å². The molecule has 3 aromatic rings. The molecule has 0 saturated carbocycles. The van der Waals surface area contributed by atoms with Crippen LogP contribution in [0.5, 0.6) is 17.2 Å². The van der Waals surface area contributed by atoms with E-state index in [9.17, 15) is 4.79 Å². The lowest BCUT2D eigenvalue weighted by Gasteiger charge is -2.38. The van der Waals surface area contributed by atoms with Crippen LogP contribution in [0.15, 0.2) is 36.5 Å². The molecule has 182 valence electrons. The number of hydrogen-bond donors (Lipinski definition) is 1. The first-order valence-corrected chi connectivity index (χ1v) is 12.4. The van der Waals surface area contributed by atoms with Crippen LogP contribution in [0.2, 0.25) is 0 Å². The van der Waals surface area contributed by atoms with E-state index in [0.29, 0.717) is 13.0 Å². The molecular formula is C28H36N2O4. The van der Waals surface area contributed by atoms with Crippen LogP contribution in [0.4, 0.5) is 0 Å². The Bertz CT molecular complexity index is 1140. The first kappa shape index (κ1) is 24.0. The fourth-order valence-corrected chi connectivity index (χ4v) is 5.00. The maximum Gasteiger partial charge on any atom is 0.223 e. The molecule has 6 nitrogen and oxygen atoms in total. The number of nitrogens with one attached hydrogen (secondary N) is 1. The molecule has 0 saturated heterocycles. The Morgan fingerprint density at radius 3 is 2.71 bits per heavy atom. The van der Waals surface area contributed by atoms with E-state index >= 15 is 0 Å². The number of ether oxygens (including phenoxy) is 3. The number of amides is 1. The fraction of sp³-hybridized carbons (Fsp3) is 0.464. The second kappa shape index (κ2) is 10.9. The van der Waals surface area contributed by atoms with E-state index in [1.807, 2.05) is 13.0 Å². The lowest BCUT2D eigenvalue weighted by atomic mass is 9.88. The van der Waals surface area contributed by atoms with Crippen LogP contribution in [-0.2, 0) is 17.6 Å². The van der Waals surface area contributed by atoms with Gasteiger partial charge in [-0.2, -0.15) is 0 Å². The van der Waals surface area contributed by atoms with E-state index in [0.717, 1.165) is 61.4 Å². The van der Waals surface area contributed by atoms with Gasteiger partial charge in [0.05, 0.1) is 26.9 Å². The third-order valence-electron chi connectivity index (χ3n) is 6.81. The Morgan fingerprint density at radius 1 is 1.12 bits per heavy atom. The normalized spacial score (nSPS) is 15.3. The van der Waals surface area contributed by atoms with E-state index in [1.54, 1.807) is 14.2 Å². The summed E-state index contributed by atoms with van der Waals surface area (Å²) in [7, 11) is 3.37. The zero-order valence-electron chi connectivity index (χ0n) is 20.8. The highest BCUT2D eigenvalue weighted by Crippen LogP contribution is 2.41. The van der Waals surface area contributed by atoms with Crippen molar-refractivity contribution >= 4 is 16.8 Å². The molecule has 6 heteroatoms. The Balaban J connectivity index is 1.67. The van der Waals surface area contributed by atoms with Crippen molar-refractivity contribution in [2.24, 2.45) is 0 Å². The van der Waals surface area contributed by atoms with E-state index in [2.05, 4.69) is 47.3 Å². The third kappa shape index (κ3) is 4.86. The summed E-state index contributed by atoms with van der Waals surface area (Å²) < 4.78 is 16.9. The fourth-order valence-electron chi connectivity index (χ4n) is 5.00. The van der Waals surface area contributed by atoms with Gasteiger partial charge < -0.3 is 24.1 Å². The predicted molar refractivity (Wildman–Crippen MR) is 135 cm³/mol. The van der Waals surface area contributed by atoms with Crippen molar-refractivity contribution in [3.63, 3.8) is 0 Å². The van der Waals surface area contributed by atoms with Crippen molar-refractivity contribution in [2.75, 3.05) is 27.4 Å². The molecule has 1 aromatic heterocycles. The van der Waals surface area contributed by atoms with Gasteiger partial charge in [-0.1, -0.05) is 13.3 Å². The number of fused-ring (bicyclic) bond motifs is 2. The largest absolute Gasteiger partial charge is 0.497 e. The molecule has 34 heavy (non-hydrogen) atoms. The minimum absolute atomic E-state index is 0.00813. The van der Waals surface area contributed by atoms with Gasteiger partial charge in [-0.3, -0.25) is 4.79 Å². The van der Waals surface area contributed by atoms with E-state index in [4.69, 9.17) is 14.2 Å². The Morgan fingerprint density at radius 2 is 1.97 bits per heavy atom. The third-order valence-corrected chi connectivity index (χ3v) is 6.81. The van der Waals surface area contributed by atoms with Gasteiger partial charge in [-0.25, -0.2) is 0 Å². The lowest BCUT2D eigenvalue weighted by molar-refractivity contribution is -0.134. The number of hydrogen-bond acceptors (Lipinski definition) is 4. The van der Waals surface area contributed by atoms with Crippen molar-refractivity contribution in [3.05, 3.63) is 53.2 Å². The number of carbonyl (C=O) groups is 1. The molecule has 1 atom stereocenters.